The number of aromatic nitrogens is 2. The third-order valence-electron chi connectivity index (χ3n) is 1.15. The minimum atomic E-state index is 0.107. The number of nitriles is 1. The molecule has 0 aliphatic rings. The lowest BCUT2D eigenvalue weighted by Gasteiger charge is -1.94. The maximum Gasteiger partial charge on any atom is 0.221 e. The van der Waals surface area contributed by atoms with E-state index < -0.39 is 0 Å². The van der Waals surface area contributed by atoms with Gasteiger partial charge in [0.15, 0.2) is 0 Å². The molecule has 2 N–H and O–H groups in total. The first-order valence-corrected chi connectivity index (χ1v) is 3.75. The molecule has 0 saturated carbocycles. The summed E-state index contributed by atoms with van der Waals surface area (Å²) in [4.78, 5) is 7.41. The van der Waals surface area contributed by atoms with Crippen LogP contribution in [0.2, 0.25) is 5.15 Å². The van der Waals surface area contributed by atoms with E-state index in [1.165, 1.54) is 6.20 Å². The van der Waals surface area contributed by atoms with Crippen molar-refractivity contribution >= 4 is 17.5 Å². The minimum absolute atomic E-state index is 0.107. The molecule has 0 aliphatic heterocycles. The molecule has 0 aliphatic carbocycles. The fourth-order valence-corrected chi connectivity index (χ4v) is 0.819. The van der Waals surface area contributed by atoms with Crippen molar-refractivity contribution in [2.75, 3.05) is 5.73 Å². The van der Waals surface area contributed by atoms with Crippen LogP contribution in [0, 0.1) is 23.2 Å². The fraction of sp³-hybridized carbons (Fsp3) is 0.125. The molecular formula is C8H5ClN4. The molecule has 0 aromatic carbocycles. The van der Waals surface area contributed by atoms with Crippen molar-refractivity contribution in [3.8, 4) is 17.9 Å². The van der Waals surface area contributed by atoms with Crippen LogP contribution in [0.15, 0.2) is 6.20 Å². The lowest BCUT2D eigenvalue weighted by Crippen LogP contribution is -1.95. The molecule has 1 aromatic heterocycles. The molecule has 1 aromatic rings. The molecule has 0 radical (unpaired) electrons. The van der Waals surface area contributed by atoms with Gasteiger partial charge in [-0.1, -0.05) is 23.4 Å². The molecule has 64 valence electrons. The summed E-state index contributed by atoms with van der Waals surface area (Å²) in [7, 11) is 0. The number of nitrogen functional groups attached to an aromatic ring is 1. The number of hydrogen-bond acceptors (Lipinski definition) is 4. The van der Waals surface area contributed by atoms with Crippen LogP contribution in [-0.4, -0.2) is 9.97 Å². The van der Waals surface area contributed by atoms with Crippen LogP contribution >= 0.6 is 11.6 Å². The SMILES string of the molecule is N#CCC#Cc1cnc(N)nc1Cl. The van der Waals surface area contributed by atoms with E-state index in [0.29, 0.717) is 5.56 Å². The van der Waals surface area contributed by atoms with Crippen molar-refractivity contribution in [2.24, 2.45) is 0 Å². The third kappa shape index (κ3) is 2.62. The second-order valence-corrected chi connectivity index (χ2v) is 2.43. The molecule has 1 rings (SSSR count). The van der Waals surface area contributed by atoms with E-state index in [0.717, 1.165) is 0 Å². The Morgan fingerprint density at radius 1 is 1.62 bits per heavy atom. The molecule has 0 fully saturated rings. The standard InChI is InChI=1S/C8H5ClN4/c9-7-6(3-1-2-4-10)5-12-8(11)13-7/h5H,2H2,(H2,11,12,13). The Balaban J connectivity index is 2.93. The molecule has 4 nitrogen and oxygen atoms in total. The van der Waals surface area contributed by atoms with Crippen LogP contribution in [0.3, 0.4) is 0 Å². The first-order valence-electron chi connectivity index (χ1n) is 3.38. The van der Waals surface area contributed by atoms with Crippen molar-refractivity contribution < 1.29 is 0 Å². The molecular weight excluding hydrogens is 188 g/mol. The number of halogens is 1. The molecule has 0 unspecified atom stereocenters. The average molecular weight is 193 g/mol. The highest BCUT2D eigenvalue weighted by Gasteiger charge is 1.98. The molecule has 0 amide bonds. The Morgan fingerprint density at radius 2 is 2.38 bits per heavy atom. The Bertz CT molecular complexity index is 410. The largest absolute Gasteiger partial charge is 0.368 e. The van der Waals surface area contributed by atoms with Crippen molar-refractivity contribution in [1.29, 1.82) is 5.26 Å². The fourth-order valence-electron chi connectivity index (χ4n) is 0.636. The molecule has 0 bridgehead atoms. The zero-order valence-electron chi connectivity index (χ0n) is 6.58. The van der Waals surface area contributed by atoms with Gasteiger partial charge < -0.3 is 5.73 Å². The van der Waals surface area contributed by atoms with E-state index in [-0.39, 0.29) is 17.5 Å². The summed E-state index contributed by atoms with van der Waals surface area (Å²) >= 11 is 5.69. The topological polar surface area (TPSA) is 75.6 Å². The number of hydrogen-bond donors (Lipinski definition) is 1. The van der Waals surface area contributed by atoms with Crippen LogP contribution in [0.5, 0.6) is 0 Å². The van der Waals surface area contributed by atoms with Gasteiger partial charge in [-0.15, -0.1) is 0 Å². The highest BCUT2D eigenvalue weighted by Crippen LogP contribution is 2.10. The van der Waals surface area contributed by atoms with Crippen LogP contribution in [0.4, 0.5) is 5.95 Å². The Hall–Kier alpha value is -1.78. The highest BCUT2D eigenvalue weighted by molar-refractivity contribution is 6.30. The van der Waals surface area contributed by atoms with E-state index in [9.17, 15) is 0 Å². The summed E-state index contributed by atoms with van der Waals surface area (Å²) in [5.74, 6) is 5.36. The predicted molar refractivity (Wildman–Crippen MR) is 48.6 cm³/mol. The Labute approximate surface area is 80.4 Å². The molecule has 0 saturated heterocycles. The second-order valence-electron chi connectivity index (χ2n) is 2.07. The molecule has 0 atom stereocenters. The minimum Gasteiger partial charge on any atom is -0.368 e. The zero-order chi connectivity index (χ0) is 9.68. The average Bonchev–Trinajstić information content (AvgIpc) is 2.09. The number of nitrogens with two attached hydrogens (primary N) is 1. The van der Waals surface area contributed by atoms with Gasteiger partial charge in [0.05, 0.1) is 18.1 Å². The van der Waals surface area contributed by atoms with Gasteiger partial charge in [-0.3, -0.25) is 0 Å². The summed E-state index contributed by atoms with van der Waals surface area (Å²) in [5, 5.41) is 8.43. The lowest BCUT2D eigenvalue weighted by molar-refractivity contribution is 1.17. The predicted octanol–water partition coefficient (Wildman–Crippen LogP) is 0.977. The Kier molecular flexibility index (Phi) is 3.08. The maximum absolute atomic E-state index is 8.22. The smallest absolute Gasteiger partial charge is 0.221 e. The van der Waals surface area contributed by atoms with Crippen molar-refractivity contribution in [2.45, 2.75) is 6.42 Å². The summed E-state index contributed by atoms with van der Waals surface area (Å²) < 4.78 is 0. The number of anilines is 1. The molecule has 0 spiro atoms. The van der Waals surface area contributed by atoms with E-state index in [1.807, 2.05) is 6.07 Å². The summed E-state index contributed by atoms with van der Waals surface area (Å²) in [6.45, 7) is 0. The van der Waals surface area contributed by atoms with Gasteiger partial charge in [-0.25, -0.2) is 4.98 Å². The van der Waals surface area contributed by atoms with Gasteiger partial charge >= 0.3 is 0 Å². The number of nitrogens with zero attached hydrogens (tertiary/aromatic N) is 3. The van der Waals surface area contributed by atoms with Gasteiger partial charge in [0.25, 0.3) is 0 Å². The van der Waals surface area contributed by atoms with E-state index in [4.69, 9.17) is 22.6 Å². The van der Waals surface area contributed by atoms with Gasteiger partial charge in [0.2, 0.25) is 5.95 Å². The summed E-state index contributed by atoms with van der Waals surface area (Å²) in [5.41, 5.74) is 5.75. The Morgan fingerprint density at radius 3 is 3.00 bits per heavy atom. The summed E-state index contributed by atoms with van der Waals surface area (Å²) in [6.07, 6.45) is 1.58. The lowest BCUT2D eigenvalue weighted by atomic mass is 10.3. The van der Waals surface area contributed by atoms with Crippen LogP contribution in [0.25, 0.3) is 0 Å². The molecule has 5 heteroatoms. The van der Waals surface area contributed by atoms with E-state index in [1.54, 1.807) is 0 Å². The zero-order valence-corrected chi connectivity index (χ0v) is 7.34. The van der Waals surface area contributed by atoms with Crippen molar-refractivity contribution in [3.05, 3.63) is 16.9 Å². The van der Waals surface area contributed by atoms with Crippen LogP contribution in [0.1, 0.15) is 12.0 Å². The van der Waals surface area contributed by atoms with E-state index in [2.05, 4.69) is 21.8 Å². The molecule has 1 heterocycles. The normalized spacial score (nSPS) is 8.31. The van der Waals surface area contributed by atoms with Crippen molar-refractivity contribution in [3.63, 3.8) is 0 Å². The van der Waals surface area contributed by atoms with Gasteiger partial charge in [-0.2, -0.15) is 10.2 Å². The number of rotatable bonds is 0. The quantitative estimate of drug-likeness (QED) is 0.491. The first-order chi connectivity index (χ1) is 6.24. The van der Waals surface area contributed by atoms with Gasteiger partial charge in [-0.05, 0) is 0 Å². The van der Waals surface area contributed by atoms with Gasteiger partial charge in [0, 0.05) is 6.20 Å². The second kappa shape index (κ2) is 4.30. The first kappa shape index (κ1) is 9.31. The van der Waals surface area contributed by atoms with Crippen LogP contribution in [-0.2, 0) is 0 Å². The molecule has 13 heavy (non-hydrogen) atoms. The maximum atomic E-state index is 8.22. The highest BCUT2D eigenvalue weighted by atomic mass is 35.5. The third-order valence-corrected chi connectivity index (χ3v) is 1.44. The van der Waals surface area contributed by atoms with E-state index >= 15 is 0 Å². The summed E-state index contributed by atoms with van der Waals surface area (Å²) in [6, 6.07) is 1.89. The van der Waals surface area contributed by atoms with Crippen LogP contribution < -0.4 is 5.73 Å². The monoisotopic (exact) mass is 192 g/mol. The van der Waals surface area contributed by atoms with Crippen molar-refractivity contribution in [1.82, 2.24) is 9.97 Å². The van der Waals surface area contributed by atoms with Gasteiger partial charge in [0.1, 0.15) is 5.15 Å².